The fraction of sp³-hybridized carbons (Fsp3) is 0.167. The smallest absolute Gasteiger partial charge is 0.418 e. The molecule has 28 heavy (non-hydrogen) atoms. The lowest BCUT2D eigenvalue weighted by Gasteiger charge is -2.16. The zero-order valence-electron chi connectivity index (χ0n) is 14.6. The van der Waals surface area contributed by atoms with E-state index in [0.29, 0.717) is 0 Å². The van der Waals surface area contributed by atoms with Crippen molar-refractivity contribution in [2.24, 2.45) is 0 Å². The van der Waals surface area contributed by atoms with Crippen molar-refractivity contribution < 1.29 is 27.2 Å². The molecule has 0 bridgehead atoms. The highest BCUT2D eigenvalue weighted by molar-refractivity contribution is 6.04. The molecular formula is C18H15F3N4O3. The number of aryl methyl sites for hydroxylation is 1. The molecule has 2 heterocycles. The summed E-state index contributed by atoms with van der Waals surface area (Å²) in [5.74, 6) is -1.28. The second-order valence-corrected chi connectivity index (χ2v) is 5.99. The van der Waals surface area contributed by atoms with Gasteiger partial charge in [0, 0.05) is 11.9 Å². The minimum absolute atomic E-state index is 0.0702. The number of aromatic nitrogens is 2. The van der Waals surface area contributed by atoms with Crippen LogP contribution < -0.4 is 10.6 Å². The van der Waals surface area contributed by atoms with Crippen LogP contribution in [0.3, 0.4) is 0 Å². The van der Waals surface area contributed by atoms with E-state index in [1.165, 1.54) is 35.5 Å². The lowest BCUT2D eigenvalue weighted by Crippen LogP contribution is -2.21. The number of hydrogen-bond acceptors (Lipinski definition) is 4. The quantitative estimate of drug-likeness (QED) is 0.693. The third-order valence-corrected chi connectivity index (χ3v) is 3.71. The largest absolute Gasteiger partial charge is 0.472 e. The number of carbonyl (C=O) groups excluding carboxylic acids is 2. The number of furan rings is 1. The normalized spacial score (nSPS) is 11.3. The van der Waals surface area contributed by atoms with Gasteiger partial charge in [0.2, 0.25) is 5.91 Å². The molecule has 0 aliphatic rings. The van der Waals surface area contributed by atoms with Gasteiger partial charge < -0.3 is 15.1 Å². The molecule has 0 radical (unpaired) electrons. The molecule has 0 aliphatic heterocycles. The molecule has 0 saturated heterocycles. The van der Waals surface area contributed by atoms with Crippen molar-refractivity contribution in [2.45, 2.75) is 19.6 Å². The molecule has 2 amide bonds. The van der Waals surface area contributed by atoms with Gasteiger partial charge in [-0.15, -0.1) is 0 Å². The van der Waals surface area contributed by atoms with E-state index in [1.54, 1.807) is 13.1 Å². The number of alkyl halides is 3. The van der Waals surface area contributed by atoms with E-state index in [4.69, 9.17) is 4.42 Å². The van der Waals surface area contributed by atoms with Gasteiger partial charge in [-0.2, -0.15) is 18.3 Å². The summed E-state index contributed by atoms with van der Waals surface area (Å²) >= 11 is 0. The highest BCUT2D eigenvalue weighted by atomic mass is 19.4. The molecule has 2 N–H and O–H groups in total. The van der Waals surface area contributed by atoms with Crippen LogP contribution in [0.25, 0.3) is 0 Å². The Balaban J connectivity index is 1.78. The zero-order chi connectivity index (χ0) is 20.3. The first-order valence-corrected chi connectivity index (χ1v) is 8.06. The monoisotopic (exact) mass is 392 g/mol. The molecule has 3 aromatic rings. The number of anilines is 2. The molecule has 0 unspecified atom stereocenters. The molecule has 3 rings (SSSR count). The summed E-state index contributed by atoms with van der Waals surface area (Å²) in [6.07, 6.45) is 0.841. The van der Waals surface area contributed by atoms with Crippen LogP contribution in [0.4, 0.5) is 24.5 Å². The minimum atomic E-state index is -4.73. The van der Waals surface area contributed by atoms with Crippen LogP contribution in [-0.2, 0) is 17.5 Å². The molecule has 10 heteroatoms. The molecule has 7 nitrogen and oxygen atoms in total. The Morgan fingerprint density at radius 1 is 1.21 bits per heavy atom. The maximum atomic E-state index is 13.4. The molecule has 0 spiro atoms. The van der Waals surface area contributed by atoms with E-state index in [9.17, 15) is 22.8 Å². The Morgan fingerprint density at radius 2 is 2.00 bits per heavy atom. The SMILES string of the molecule is Cc1cnn(CC(=O)Nc2ccc(NC(=O)c3ccoc3)cc2C(F)(F)F)c1. The summed E-state index contributed by atoms with van der Waals surface area (Å²) < 4.78 is 46.4. The van der Waals surface area contributed by atoms with Crippen molar-refractivity contribution in [1.82, 2.24) is 9.78 Å². The Bertz CT molecular complexity index is 994. The van der Waals surface area contributed by atoms with Gasteiger partial charge in [-0.25, -0.2) is 0 Å². The van der Waals surface area contributed by atoms with Crippen molar-refractivity contribution in [3.8, 4) is 0 Å². The third kappa shape index (κ3) is 4.58. The van der Waals surface area contributed by atoms with Crippen LogP contribution in [-0.4, -0.2) is 21.6 Å². The summed E-state index contributed by atoms with van der Waals surface area (Å²) in [7, 11) is 0. The van der Waals surface area contributed by atoms with Crippen LogP contribution in [0.15, 0.2) is 53.6 Å². The second-order valence-electron chi connectivity index (χ2n) is 5.99. The van der Waals surface area contributed by atoms with E-state index >= 15 is 0 Å². The van der Waals surface area contributed by atoms with Crippen LogP contribution >= 0.6 is 0 Å². The molecule has 0 fully saturated rings. The first-order valence-electron chi connectivity index (χ1n) is 8.06. The topological polar surface area (TPSA) is 89.2 Å². The Labute approximate surface area is 157 Å². The minimum Gasteiger partial charge on any atom is -0.472 e. The van der Waals surface area contributed by atoms with Gasteiger partial charge in [-0.1, -0.05) is 0 Å². The highest BCUT2D eigenvalue weighted by Gasteiger charge is 2.34. The molecule has 2 aromatic heterocycles. The second kappa shape index (κ2) is 7.59. The molecule has 0 aliphatic carbocycles. The van der Waals surface area contributed by atoms with Gasteiger partial charge in [-0.3, -0.25) is 14.3 Å². The van der Waals surface area contributed by atoms with Crippen molar-refractivity contribution in [3.63, 3.8) is 0 Å². The number of carbonyl (C=O) groups is 2. The molecule has 146 valence electrons. The van der Waals surface area contributed by atoms with Crippen molar-refractivity contribution in [2.75, 3.05) is 10.6 Å². The average Bonchev–Trinajstić information content (AvgIpc) is 3.27. The molecule has 1 aromatic carbocycles. The van der Waals surface area contributed by atoms with Crippen molar-refractivity contribution in [3.05, 3.63) is 65.9 Å². The third-order valence-electron chi connectivity index (χ3n) is 3.71. The van der Waals surface area contributed by atoms with Gasteiger partial charge >= 0.3 is 6.18 Å². The lowest BCUT2D eigenvalue weighted by molar-refractivity contribution is -0.136. The van der Waals surface area contributed by atoms with E-state index in [0.717, 1.165) is 17.7 Å². The maximum Gasteiger partial charge on any atom is 0.418 e. The number of halogens is 3. The van der Waals surface area contributed by atoms with Gasteiger partial charge in [0.1, 0.15) is 12.8 Å². The van der Waals surface area contributed by atoms with E-state index in [2.05, 4.69) is 15.7 Å². The highest BCUT2D eigenvalue weighted by Crippen LogP contribution is 2.36. The Morgan fingerprint density at radius 3 is 2.61 bits per heavy atom. The van der Waals surface area contributed by atoms with E-state index in [-0.39, 0.29) is 17.8 Å². The predicted octanol–water partition coefficient (Wildman–Crippen LogP) is 3.69. The van der Waals surface area contributed by atoms with Crippen LogP contribution in [0, 0.1) is 6.92 Å². The van der Waals surface area contributed by atoms with Gasteiger partial charge in [-0.05, 0) is 36.8 Å². The first-order chi connectivity index (χ1) is 13.2. The standard InChI is InChI=1S/C18H15F3N4O3/c1-11-7-22-25(8-11)9-16(26)24-15-3-2-13(6-14(15)18(19,20)21)23-17(27)12-4-5-28-10-12/h2-8,10H,9H2,1H3,(H,23,27)(H,24,26). The van der Waals surface area contributed by atoms with Crippen LogP contribution in [0.2, 0.25) is 0 Å². The zero-order valence-corrected chi connectivity index (χ0v) is 14.6. The van der Waals surface area contributed by atoms with E-state index < -0.39 is 29.2 Å². The summed E-state index contributed by atoms with van der Waals surface area (Å²) in [4.78, 5) is 24.0. The Kier molecular flexibility index (Phi) is 5.21. The number of nitrogens with one attached hydrogen (secondary N) is 2. The van der Waals surface area contributed by atoms with Gasteiger partial charge in [0.15, 0.2) is 0 Å². The fourth-order valence-corrected chi connectivity index (χ4v) is 2.45. The van der Waals surface area contributed by atoms with Gasteiger partial charge in [0.05, 0.1) is 29.3 Å². The molecule has 0 atom stereocenters. The number of nitrogens with zero attached hydrogens (tertiary/aromatic N) is 2. The predicted molar refractivity (Wildman–Crippen MR) is 93.7 cm³/mol. The number of benzene rings is 1. The fourth-order valence-electron chi connectivity index (χ4n) is 2.45. The van der Waals surface area contributed by atoms with Crippen molar-refractivity contribution in [1.29, 1.82) is 0 Å². The maximum absolute atomic E-state index is 13.4. The lowest BCUT2D eigenvalue weighted by atomic mass is 10.1. The van der Waals surface area contributed by atoms with E-state index in [1.807, 2.05) is 0 Å². The number of rotatable bonds is 5. The average molecular weight is 392 g/mol. The van der Waals surface area contributed by atoms with Crippen LogP contribution in [0.5, 0.6) is 0 Å². The Hall–Kier alpha value is -3.56. The first kappa shape index (κ1) is 19.2. The summed E-state index contributed by atoms with van der Waals surface area (Å²) in [6.45, 7) is 1.55. The number of amides is 2. The van der Waals surface area contributed by atoms with Gasteiger partial charge in [0.25, 0.3) is 5.91 Å². The summed E-state index contributed by atoms with van der Waals surface area (Å²) in [5.41, 5.74) is -0.577. The molecule has 0 saturated carbocycles. The number of hydrogen-bond donors (Lipinski definition) is 2. The molecular weight excluding hydrogens is 377 g/mol. The summed E-state index contributed by atoms with van der Waals surface area (Å²) in [6, 6.07) is 4.48. The summed E-state index contributed by atoms with van der Waals surface area (Å²) in [5, 5.41) is 8.51. The van der Waals surface area contributed by atoms with Crippen LogP contribution in [0.1, 0.15) is 21.5 Å². The van der Waals surface area contributed by atoms with Crippen molar-refractivity contribution >= 4 is 23.2 Å².